The van der Waals surface area contributed by atoms with Crippen molar-refractivity contribution in [3.63, 3.8) is 0 Å². The lowest BCUT2D eigenvalue weighted by atomic mass is 9.74. The normalized spacial score (nSPS) is 28.7. The first-order chi connectivity index (χ1) is 12.6. The Kier molecular flexibility index (Phi) is 8.03. The van der Waals surface area contributed by atoms with Crippen LogP contribution >= 0.6 is 0 Å². The number of nitrogens with two attached hydrogens (primary N) is 1. The minimum atomic E-state index is 0.197. The molecule has 0 aromatic rings. The number of amides is 2. The highest BCUT2D eigenvalue weighted by Crippen LogP contribution is 2.37. The van der Waals surface area contributed by atoms with Crippen molar-refractivity contribution in [2.24, 2.45) is 28.9 Å². The van der Waals surface area contributed by atoms with E-state index < -0.39 is 0 Å². The first-order valence-electron chi connectivity index (χ1n) is 11.3. The van der Waals surface area contributed by atoms with Gasteiger partial charge in [-0.2, -0.15) is 0 Å². The quantitative estimate of drug-likeness (QED) is 0.636. The highest BCUT2D eigenvalue weighted by atomic mass is 16.2. The fourth-order valence-corrected chi connectivity index (χ4v) is 5.14. The molecule has 2 N–H and O–H groups in total. The van der Waals surface area contributed by atoms with Crippen LogP contribution in [0.4, 0.5) is 4.79 Å². The second-order valence-corrected chi connectivity index (χ2v) is 10.8. The van der Waals surface area contributed by atoms with Crippen LogP contribution in [0.15, 0.2) is 0 Å². The fraction of sp³-hybridized carbons (Fsp3) is 0.957. The van der Waals surface area contributed by atoms with Gasteiger partial charge in [-0.1, -0.05) is 27.7 Å². The number of carbonyl (C=O) groups excluding carboxylic acids is 1. The van der Waals surface area contributed by atoms with E-state index in [9.17, 15) is 4.79 Å². The van der Waals surface area contributed by atoms with Gasteiger partial charge in [0.1, 0.15) is 0 Å². The van der Waals surface area contributed by atoms with Crippen molar-refractivity contribution in [3.8, 4) is 0 Å². The van der Waals surface area contributed by atoms with Gasteiger partial charge < -0.3 is 15.5 Å². The molecular weight excluding hydrogens is 334 g/mol. The van der Waals surface area contributed by atoms with Crippen LogP contribution in [0.2, 0.25) is 0 Å². The summed E-state index contributed by atoms with van der Waals surface area (Å²) in [6.07, 6.45) is 10.9. The lowest BCUT2D eigenvalue weighted by molar-refractivity contribution is 0.0857. The van der Waals surface area contributed by atoms with E-state index in [-0.39, 0.29) is 11.4 Å². The average Bonchev–Trinajstić information content (AvgIpc) is 2.56. The molecule has 2 fully saturated rings. The van der Waals surface area contributed by atoms with Crippen LogP contribution < -0.4 is 5.73 Å². The van der Waals surface area contributed by atoms with Crippen molar-refractivity contribution in [2.45, 2.75) is 97.6 Å². The van der Waals surface area contributed by atoms with E-state index >= 15 is 0 Å². The summed E-state index contributed by atoms with van der Waals surface area (Å²) in [6, 6.07) is 1.07. The van der Waals surface area contributed by atoms with Gasteiger partial charge in [0.05, 0.1) is 0 Å². The molecule has 27 heavy (non-hydrogen) atoms. The van der Waals surface area contributed by atoms with E-state index in [1.807, 2.05) is 23.9 Å². The number of hydrogen-bond donors (Lipinski definition) is 1. The predicted octanol–water partition coefficient (Wildman–Crippen LogP) is 5.12. The summed E-state index contributed by atoms with van der Waals surface area (Å²) in [5, 5.41) is 0. The van der Waals surface area contributed by atoms with Gasteiger partial charge in [-0.15, -0.1) is 0 Å². The van der Waals surface area contributed by atoms with E-state index in [4.69, 9.17) is 5.73 Å². The molecule has 0 unspecified atom stereocenters. The molecule has 0 aromatic heterocycles. The lowest BCUT2D eigenvalue weighted by Gasteiger charge is -2.43. The molecular formula is C23H45N3O. The molecule has 0 saturated heterocycles. The Morgan fingerprint density at radius 2 is 1.67 bits per heavy atom. The van der Waals surface area contributed by atoms with Gasteiger partial charge in [0.2, 0.25) is 0 Å². The summed E-state index contributed by atoms with van der Waals surface area (Å²) in [7, 11) is 3.96. The molecule has 2 aliphatic carbocycles. The van der Waals surface area contributed by atoms with Crippen LogP contribution in [-0.4, -0.2) is 48.6 Å². The molecule has 0 radical (unpaired) electrons. The number of carbonyl (C=O) groups is 1. The van der Waals surface area contributed by atoms with E-state index in [0.717, 1.165) is 30.7 Å². The van der Waals surface area contributed by atoms with Crippen LogP contribution in [0.25, 0.3) is 0 Å². The van der Waals surface area contributed by atoms with Crippen LogP contribution in [0, 0.1) is 23.2 Å². The van der Waals surface area contributed by atoms with Crippen molar-refractivity contribution in [1.29, 1.82) is 0 Å². The Morgan fingerprint density at radius 1 is 1.07 bits per heavy atom. The van der Waals surface area contributed by atoms with Gasteiger partial charge in [0.15, 0.2) is 0 Å². The lowest BCUT2D eigenvalue weighted by Crippen LogP contribution is -2.50. The molecule has 0 heterocycles. The van der Waals surface area contributed by atoms with Crippen molar-refractivity contribution >= 4 is 6.03 Å². The van der Waals surface area contributed by atoms with Crippen molar-refractivity contribution in [3.05, 3.63) is 0 Å². The third-order valence-corrected chi connectivity index (χ3v) is 7.05. The third-order valence-electron chi connectivity index (χ3n) is 7.05. The van der Waals surface area contributed by atoms with Crippen molar-refractivity contribution in [1.82, 2.24) is 9.80 Å². The molecule has 4 heteroatoms. The number of urea groups is 1. The highest BCUT2D eigenvalue weighted by molar-refractivity contribution is 5.74. The Bertz CT molecular complexity index is 462. The maximum absolute atomic E-state index is 12.8. The van der Waals surface area contributed by atoms with Gasteiger partial charge in [0, 0.05) is 32.7 Å². The van der Waals surface area contributed by atoms with Crippen LogP contribution in [0.5, 0.6) is 0 Å². The van der Waals surface area contributed by atoms with Crippen LogP contribution in [0.1, 0.15) is 85.5 Å². The highest BCUT2D eigenvalue weighted by Gasteiger charge is 2.35. The van der Waals surface area contributed by atoms with Crippen molar-refractivity contribution in [2.75, 3.05) is 20.6 Å². The zero-order valence-corrected chi connectivity index (χ0v) is 18.8. The molecule has 0 spiro atoms. The number of rotatable bonds is 8. The smallest absolute Gasteiger partial charge is 0.319 e. The van der Waals surface area contributed by atoms with Gasteiger partial charge in [-0.05, 0) is 81.0 Å². The van der Waals surface area contributed by atoms with Crippen LogP contribution in [-0.2, 0) is 0 Å². The zero-order valence-electron chi connectivity index (χ0n) is 18.8. The molecule has 158 valence electrons. The molecule has 2 amide bonds. The van der Waals surface area contributed by atoms with E-state index in [0.29, 0.717) is 12.1 Å². The van der Waals surface area contributed by atoms with Gasteiger partial charge in [-0.3, -0.25) is 0 Å². The van der Waals surface area contributed by atoms with E-state index in [1.54, 1.807) is 0 Å². The summed E-state index contributed by atoms with van der Waals surface area (Å²) in [4.78, 5) is 16.7. The second-order valence-electron chi connectivity index (χ2n) is 10.8. The molecule has 2 rings (SSSR count). The van der Waals surface area contributed by atoms with Crippen LogP contribution in [0.3, 0.4) is 0 Å². The zero-order chi connectivity index (χ0) is 20.2. The molecule has 4 nitrogen and oxygen atoms in total. The molecule has 0 bridgehead atoms. The minimum Gasteiger partial charge on any atom is -0.328 e. The number of hydrogen-bond acceptors (Lipinski definition) is 2. The van der Waals surface area contributed by atoms with Gasteiger partial charge in [-0.25, -0.2) is 4.79 Å². The van der Waals surface area contributed by atoms with Gasteiger partial charge in [0.25, 0.3) is 0 Å². The fourth-order valence-electron chi connectivity index (χ4n) is 5.14. The second kappa shape index (κ2) is 9.62. The Labute approximate surface area is 168 Å². The predicted molar refractivity (Wildman–Crippen MR) is 115 cm³/mol. The molecule has 2 aliphatic rings. The summed E-state index contributed by atoms with van der Waals surface area (Å²) in [6.45, 7) is 10.2. The monoisotopic (exact) mass is 379 g/mol. The topological polar surface area (TPSA) is 49.6 Å². The Hall–Kier alpha value is -0.770. The van der Waals surface area contributed by atoms with E-state index in [2.05, 4.69) is 27.7 Å². The maximum atomic E-state index is 12.8. The molecule has 2 saturated carbocycles. The SMILES string of the molecule is CC(C)CC1CC(N(C)C(=O)N(C)CCC(C)(C)C[C@H]2CC[C@@H](N)CC2)C1. The molecule has 0 aromatic carbocycles. The Morgan fingerprint density at radius 3 is 2.22 bits per heavy atom. The first kappa shape index (κ1) is 22.5. The third kappa shape index (κ3) is 6.96. The minimum absolute atomic E-state index is 0.197. The maximum Gasteiger partial charge on any atom is 0.319 e. The summed E-state index contributed by atoms with van der Waals surface area (Å²) < 4.78 is 0. The molecule has 0 atom stereocenters. The van der Waals surface area contributed by atoms with Gasteiger partial charge >= 0.3 is 6.03 Å². The largest absolute Gasteiger partial charge is 0.328 e. The Balaban J connectivity index is 1.70. The summed E-state index contributed by atoms with van der Waals surface area (Å²) >= 11 is 0. The number of nitrogens with zero attached hydrogens (tertiary/aromatic N) is 2. The first-order valence-corrected chi connectivity index (χ1v) is 11.3. The summed E-state index contributed by atoms with van der Waals surface area (Å²) in [5.74, 6) is 2.40. The van der Waals surface area contributed by atoms with Crippen molar-refractivity contribution < 1.29 is 4.79 Å². The average molecular weight is 380 g/mol. The van der Waals surface area contributed by atoms with E-state index in [1.165, 1.54) is 51.4 Å². The molecule has 0 aliphatic heterocycles. The standard InChI is InChI=1S/C23H45N3O/c1-17(2)13-19-14-21(15-19)26(6)22(27)25(5)12-11-23(3,4)16-18-7-9-20(24)10-8-18/h17-21H,7-16,24H2,1-6H3/t18-,19?,20+,21?. The summed E-state index contributed by atoms with van der Waals surface area (Å²) in [5.41, 5.74) is 6.33.